The summed E-state index contributed by atoms with van der Waals surface area (Å²) in [6, 6.07) is 10.9. The molecular weight excluding hydrogens is 258 g/mol. The van der Waals surface area contributed by atoms with Gasteiger partial charge in [-0.05, 0) is 44.2 Å². The lowest BCUT2D eigenvalue weighted by Crippen LogP contribution is -2.32. The number of hydrogen-bond donors (Lipinski definition) is 1. The molecule has 1 aliphatic heterocycles. The molecule has 1 aliphatic rings. The molecule has 2 atom stereocenters. The third-order valence-corrected chi connectivity index (χ3v) is 5.63. The topological polar surface area (TPSA) is 46.2 Å². The van der Waals surface area contributed by atoms with E-state index in [0.717, 1.165) is 25.8 Å². The molecule has 3 nitrogen and oxygen atoms in total. The average molecular weight is 281 g/mol. The maximum absolute atomic E-state index is 11.4. The Morgan fingerprint density at radius 1 is 1.32 bits per heavy atom. The first-order valence-corrected chi connectivity index (χ1v) is 8.85. The van der Waals surface area contributed by atoms with Crippen LogP contribution in [0.5, 0.6) is 0 Å². The molecule has 1 heterocycles. The molecule has 2 unspecified atom stereocenters. The normalized spacial score (nSPS) is 23.3. The summed E-state index contributed by atoms with van der Waals surface area (Å²) < 4.78 is 22.7. The summed E-state index contributed by atoms with van der Waals surface area (Å²) >= 11 is 0. The van der Waals surface area contributed by atoms with Gasteiger partial charge in [-0.3, -0.25) is 0 Å². The van der Waals surface area contributed by atoms with Crippen molar-refractivity contribution >= 4 is 9.84 Å². The van der Waals surface area contributed by atoms with Crippen molar-refractivity contribution in [3.05, 3.63) is 35.9 Å². The molecule has 2 rings (SSSR count). The van der Waals surface area contributed by atoms with Crippen molar-refractivity contribution in [2.75, 3.05) is 18.1 Å². The van der Waals surface area contributed by atoms with Crippen molar-refractivity contribution in [2.24, 2.45) is 5.92 Å². The van der Waals surface area contributed by atoms with Crippen molar-refractivity contribution in [2.45, 2.75) is 32.2 Å². The fourth-order valence-corrected chi connectivity index (χ4v) is 4.39. The Kier molecular flexibility index (Phi) is 4.99. The van der Waals surface area contributed by atoms with Crippen LogP contribution in [-0.2, 0) is 16.3 Å². The second-order valence-electron chi connectivity index (χ2n) is 5.60. The van der Waals surface area contributed by atoms with Gasteiger partial charge < -0.3 is 5.32 Å². The summed E-state index contributed by atoms with van der Waals surface area (Å²) in [6.45, 7) is 3.00. The van der Waals surface area contributed by atoms with Crippen LogP contribution in [0.4, 0.5) is 0 Å². The zero-order chi connectivity index (χ0) is 13.7. The van der Waals surface area contributed by atoms with E-state index in [0.29, 0.717) is 23.5 Å². The van der Waals surface area contributed by atoms with Gasteiger partial charge in [-0.2, -0.15) is 0 Å². The molecule has 1 fully saturated rings. The van der Waals surface area contributed by atoms with E-state index in [1.165, 1.54) is 5.56 Å². The number of aryl methyl sites for hydroxylation is 1. The first kappa shape index (κ1) is 14.5. The maximum Gasteiger partial charge on any atom is 0.150 e. The van der Waals surface area contributed by atoms with Gasteiger partial charge in [0.15, 0.2) is 9.84 Å². The zero-order valence-corrected chi connectivity index (χ0v) is 12.3. The summed E-state index contributed by atoms with van der Waals surface area (Å²) in [6.07, 6.45) is 2.97. The van der Waals surface area contributed by atoms with E-state index in [2.05, 4.69) is 36.5 Å². The quantitative estimate of drug-likeness (QED) is 0.868. The molecule has 0 radical (unpaired) electrons. The van der Waals surface area contributed by atoms with Gasteiger partial charge in [0.25, 0.3) is 0 Å². The van der Waals surface area contributed by atoms with Crippen molar-refractivity contribution in [1.29, 1.82) is 0 Å². The van der Waals surface area contributed by atoms with E-state index in [-0.39, 0.29) is 0 Å². The molecule has 1 aromatic rings. The highest BCUT2D eigenvalue weighted by Gasteiger charge is 2.27. The summed E-state index contributed by atoms with van der Waals surface area (Å²) in [7, 11) is -2.74. The van der Waals surface area contributed by atoms with Gasteiger partial charge in [-0.25, -0.2) is 8.42 Å². The van der Waals surface area contributed by atoms with Crippen molar-refractivity contribution in [1.82, 2.24) is 5.32 Å². The second-order valence-corrected chi connectivity index (χ2v) is 7.83. The van der Waals surface area contributed by atoms with E-state index in [4.69, 9.17) is 0 Å². The van der Waals surface area contributed by atoms with Crippen LogP contribution < -0.4 is 5.32 Å². The lowest BCUT2D eigenvalue weighted by molar-refractivity contribution is 0.450. The SMILES string of the molecule is CC(CCc1ccccc1)NCC1CCS(=O)(=O)C1. The fourth-order valence-electron chi connectivity index (χ4n) is 2.53. The molecule has 1 aromatic carbocycles. The third-order valence-electron chi connectivity index (χ3n) is 3.79. The Morgan fingerprint density at radius 3 is 2.68 bits per heavy atom. The minimum Gasteiger partial charge on any atom is -0.314 e. The summed E-state index contributed by atoms with van der Waals surface area (Å²) in [4.78, 5) is 0. The van der Waals surface area contributed by atoms with Crippen LogP contribution >= 0.6 is 0 Å². The summed E-state index contributed by atoms with van der Waals surface area (Å²) in [5.74, 6) is 1.05. The molecule has 0 aliphatic carbocycles. The van der Waals surface area contributed by atoms with Crippen LogP contribution in [0.25, 0.3) is 0 Å². The maximum atomic E-state index is 11.4. The largest absolute Gasteiger partial charge is 0.314 e. The molecule has 0 aromatic heterocycles. The zero-order valence-electron chi connectivity index (χ0n) is 11.5. The monoisotopic (exact) mass is 281 g/mol. The Balaban J connectivity index is 1.66. The van der Waals surface area contributed by atoms with Gasteiger partial charge in [-0.1, -0.05) is 30.3 Å². The van der Waals surface area contributed by atoms with Gasteiger partial charge in [0.05, 0.1) is 11.5 Å². The van der Waals surface area contributed by atoms with Crippen LogP contribution in [0.2, 0.25) is 0 Å². The standard InChI is InChI=1S/C15H23NO2S/c1-13(7-8-14-5-3-2-4-6-14)16-11-15-9-10-19(17,18)12-15/h2-6,13,15-16H,7-12H2,1H3. The van der Waals surface area contributed by atoms with Crippen molar-refractivity contribution in [3.8, 4) is 0 Å². The fraction of sp³-hybridized carbons (Fsp3) is 0.600. The Labute approximate surface area is 116 Å². The number of rotatable bonds is 6. The van der Waals surface area contributed by atoms with E-state index in [1.54, 1.807) is 0 Å². The van der Waals surface area contributed by atoms with Gasteiger partial charge in [0.2, 0.25) is 0 Å². The highest BCUT2D eigenvalue weighted by Crippen LogP contribution is 2.17. The molecule has 1 saturated heterocycles. The third kappa shape index (κ3) is 4.96. The minimum absolute atomic E-state index is 0.309. The van der Waals surface area contributed by atoms with Crippen molar-refractivity contribution < 1.29 is 8.42 Å². The predicted octanol–water partition coefficient (Wildman–Crippen LogP) is 2.03. The lowest BCUT2D eigenvalue weighted by Gasteiger charge is -2.16. The van der Waals surface area contributed by atoms with E-state index in [9.17, 15) is 8.42 Å². The average Bonchev–Trinajstić information content (AvgIpc) is 2.75. The Hall–Kier alpha value is -0.870. The molecule has 0 spiro atoms. The first-order chi connectivity index (χ1) is 9.05. The highest BCUT2D eigenvalue weighted by molar-refractivity contribution is 7.91. The summed E-state index contributed by atoms with van der Waals surface area (Å²) in [5, 5.41) is 3.47. The minimum atomic E-state index is -2.74. The predicted molar refractivity (Wildman–Crippen MR) is 79.0 cm³/mol. The van der Waals surface area contributed by atoms with Gasteiger partial charge in [0, 0.05) is 6.04 Å². The molecular formula is C15H23NO2S. The smallest absolute Gasteiger partial charge is 0.150 e. The van der Waals surface area contributed by atoms with Crippen LogP contribution in [0.15, 0.2) is 30.3 Å². The lowest BCUT2D eigenvalue weighted by atomic mass is 10.0. The molecule has 4 heteroatoms. The molecule has 19 heavy (non-hydrogen) atoms. The van der Waals surface area contributed by atoms with Crippen LogP contribution in [0.3, 0.4) is 0 Å². The van der Waals surface area contributed by atoms with Gasteiger partial charge in [-0.15, -0.1) is 0 Å². The molecule has 0 amide bonds. The molecule has 106 valence electrons. The van der Waals surface area contributed by atoms with E-state index < -0.39 is 9.84 Å². The number of hydrogen-bond acceptors (Lipinski definition) is 3. The number of benzene rings is 1. The molecule has 0 bridgehead atoms. The molecule has 1 N–H and O–H groups in total. The number of sulfone groups is 1. The first-order valence-electron chi connectivity index (χ1n) is 7.03. The highest BCUT2D eigenvalue weighted by atomic mass is 32.2. The van der Waals surface area contributed by atoms with Crippen LogP contribution in [-0.4, -0.2) is 32.5 Å². The second kappa shape index (κ2) is 6.53. The summed E-state index contributed by atoms with van der Waals surface area (Å²) in [5.41, 5.74) is 1.36. The number of nitrogens with one attached hydrogen (secondary N) is 1. The van der Waals surface area contributed by atoms with Crippen molar-refractivity contribution in [3.63, 3.8) is 0 Å². The van der Waals surface area contributed by atoms with Gasteiger partial charge in [0.1, 0.15) is 0 Å². The van der Waals surface area contributed by atoms with Crippen LogP contribution in [0.1, 0.15) is 25.3 Å². The Morgan fingerprint density at radius 2 is 2.05 bits per heavy atom. The van der Waals surface area contributed by atoms with Gasteiger partial charge >= 0.3 is 0 Å². The van der Waals surface area contributed by atoms with E-state index >= 15 is 0 Å². The van der Waals surface area contributed by atoms with E-state index in [1.807, 2.05) is 6.07 Å². The van der Waals surface area contributed by atoms with Crippen LogP contribution in [0, 0.1) is 5.92 Å². The Bertz CT molecular complexity index is 484. The molecule has 0 saturated carbocycles.